The van der Waals surface area contributed by atoms with Crippen LogP contribution in [-0.2, 0) is 4.79 Å². The van der Waals surface area contributed by atoms with Gasteiger partial charge in [-0.05, 0) is 25.7 Å². The number of amides is 1. The van der Waals surface area contributed by atoms with E-state index < -0.39 is 0 Å². The molecular formula is C16H25N3O3. The minimum Gasteiger partial charge on any atom is -0.480 e. The Labute approximate surface area is 131 Å². The largest absolute Gasteiger partial charge is 0.480 e. The van der Waals surface area contributed by atoms with Gasteiger partial charge in [0.05, 0.1) is 13.7 Å². The molecule has 1 fully saturated rings. The van der Waals surface area contributed by atoms with E-state index in [0.717, 1.165) is 32.2 Å². The number of hydrogen-bond donors (Lipinski definition) is 0. The summed E-state index contributed by atoms with van der Waals surface area (Å²) in [5.41, 5.74) is 0. The maximum absolute atomic E-state index is 12.5. The van der Waals surface area contributed by atoms with Gasteiger partial charge in [-0.15, -0.1) is 10.2 Å². The number of rotatable bonds is 6. The lowest BCUT2D eigenvalue weighted by Crippen LogP contribution is -2.46. The highest BCUT2D eigenvalue weighted by Crippen LogP contribution is 2.20. The third kappa shape index (κ3) is 4.08. The van der Waals surface area contributed by atoms with Crippen LogP contribution in [-0.4, -0.2) is 47.3 Å². The molecule has 0 aliphatic carbocycles. The topological polar surface area (TPSA) is 64.6 Å². The van der Waals surface area contributed by atoms with E-state index in [1.165, 1.54) is 0 Å². The van der Waals surface area contributed by atoms with Crippen molar-refractivity contribution in [2.24, 2.45) is 5.92 Å². The van der Waals surface area contributed by atoms with Crippen LogP contribution in [0.15, 0.2) is 12.1 Å². The molecule has 1 aliphatic heterocycles. The van der Waals surface area contributed by atoms with E-state index in [0.29, 0.717) is 18.3 Å². The molecule has 0 spiro atoms. The van der Waals surface area contributed by atoms with E-state index in [1.807, 2.05) is 4.90 Å². The highest BCUT2D eigenvalue weighted by molar-refractivity contribution is 5.78. The molecule has 0 N–H and O–H groups in total. The number of aromatic nitrogens is 2. The normalized spacial score (nSPS) is 18.4. The van der Waals surface area contributed by atoms with Crippen LogP contribution in [0.3, 0.4) is 0 Å². The Morgan fingerprint density at radius 2 is 2.00 bits per heavy atom. The van der Waals surface area contributed by atoms with E-state index in [2.05, 4.69) is 24.0 Å². The third-order valence-electron chi connectivity index (χ3n) is 4.14. The molecule has 1 amide bonds. The monoisotopic (exact) mass is 307 g/mol. The summed E-state index contributed by atoms with van der Waals surface area (Å²) in [6.45, 7) is 5.58. The molecule has 0 bridgehead atoms. The zero-order valence-corrected chi connectivity index (χ0v) is 13.6. The second kappa shape index (κ2) is 7.96. The zero-order valence-electron chi connectivity index (χ0n) is 13.6. The maximum atomic E-state index is 12.5. The van der Waals surface area contributed by atoms with Crippen LogP contribution >= 0.6 is 0 Å². The van der Waals surface area contributed by atoms with Crippen molar-refractivity contribution in [3.63, 3.8) is 0 Å². The summed E-state index contributed by atoms with van der Waals surface area (Å²) in [7, 11) is 1.55. The molecule has 0 radical (unpaired) electrons. The second-order valence-electron chi connectivity index (χ2n) is 5.59. The fourth-order valence-electron chi connectivity index (χ4n) is 2.78. The number of methoxy groups -OCH3 is 1. The first-order valence-electron chi connectivity index (χ1n) is 8.01. The predicted molar refractivity (Wildman–Crippen MR) is 82.9 cm³/mol. The van der Waals surface area contributed by atoms with Crippen molar-refractivity contribution in [3.05, 3.63) is 12.1 Å². The van der Waals surface area contributed by atoms with E-state index in [-0.39, 0.29) is 17.9 Å². The van der Waals surface area contributed by atoms with Crippen molar-refractivity contribution in [1.82, 2.24) is 15.1 Å². The van der Waals surface area contributed by atoms with Gasteiger partial charge < -0.3 is 14.4 Å². The Bertz CT molecular complexity index is 474. The average Bonchev–Trinajstić information content (AvgIpc) is 2.57. The molecule has 2 rings (SSSR count). The van der Waals surface area contributed by atoms with Gasteiger partial charge in [-0.3, -0.25) is 4.79 Å². The lowest BCUT2D eigenvalue weighted by Gasteiger charge is -2.34. The molecule has 6 nitrogen and oxygen atoms in total. The second-order valence-corrected chi connectivity index (χ2v) is 5.59. The molecule has 122 valence electrons. The first-order chi connectivity index (χ1) is 10.7. The molecule has 6 heteroatoms. The molecule has 1 saturated heterocycles. The molecule has 1 aromatic heterocycles. The fourth-order valence-corrected chi connectivity index (χ4v) is 2.78. The molecule has 0 saturated carbocycles. The summed E-state index contributed by atoms with van der Waals surface area (Å²) >= 11 is 0. The Hall–Kier alpha value is -1.85. The Morgan fingerprint density at radius 3 is 2.59 bits per heavy atom. The first-order valence-corrected chi connectivity index (χ1v) is 8.01. The smallest absolute Gasteiger partial charge is 0.233 e. The number of carbonyl (C=O) groups is 1. The minimum atomic E-state index is -0.0187. The van der Waals surface area contributed by atoms with Crippen molar-refractivity contribution >= 4 is 5.91 Å². The van der Waals surface area contributed by atoms with Crippen LogP contribution in [0, 0.1) is 5.92 Å². The molecule has 0 aromatic carbocycles. The number of carbonyl (C=O) groups excluding carboxylic acids is 1. The van der Waals surface area contributed by atoms with E-state index in [1.54, 1.807) is 19.2 Å². The van der Waals surface area contributed by atoms with Gasteiger partial charge in [0.25, 0.3) is 0 Å². The SMILES string of the molecule is CCC(CC)C(=O)N1CCCC(Oc2ccc(OC)nn2)C1. The lowest BCUT2D eigenvalue weighted by molar-refractivity contribution is -0.138. The molecule has 2 heterocycles. The molecular weight excluding hydrogens is 282 g/mol. The van der Waals surface area contributed by atoms with Crippen LogP contribution in [0.1, 0.15) is 39.5 Å². The third-order valence-corrected chi connectivity index (χ3v) is 4.14. The van der Waals surface area contributed by atoms with Crippen LogP contribution in [0.2, 0.25) is 0 Å². The number of piperidine rings is 1. The van der Waals surface area contributed by atoms with Gasteiger partial charge in [-0.2, -0.15) is 0 Å². The van der Waals surface area contributed by atoms with Crippen LogP contribution < -0.4 is 9.47 Å². The average molecular weight is 307 g/mol. The Kier molecular flexibility index (Phi) is 5.98. The van der Waals surface area contributed by atoms with Crippen LogP contribution in [0.5, 0.6) is 11.8 Å². The molecule has 1 atom stereocenters. The van der Waals surface area contributed by atoms with Crippen molar-refractivity contribution in [1.29, 1.82) is 0 Å². The van der Waals surface area contributed by atoms with Gasteiger partial charge >= 0.3 is 0 Å². The quantitative estimate of drug-likeness (QED) is 0.807. The lowest BCUT2D eigenvalue weighted by atomic mass is 9.99. The summed E-state index contributed by atoms with van der Waals surface area (Å²) in [6.07, 6.45) is 3.65. The standard InChI is InChI=1S/C16H25N3O3/c1-4-12(5-2)16(20)19-10-6-7-13(11-19)22-15-9-8-14(21-3)17-18-15/h8-9,12-13H,4-7,10-11H2,1-3H3. The van der Waals surface area contributed by atoms with Gasteiger partial charge in [0.1, 0.15) is 6.10 Å². The minimum absolute atomic E-state index is 0.0187. The van der Waals surface area contributed by atoms with Crippen molar-refractivity contribution < 1.29 is 14.3 Å². The zero-order chi connectivity index (χ0) is 15.9. The molecule has 22 heavy (non-hydrogen) atoms. The number of ether oxygens (including phenoxy) is 2. The van der Waals surface area contributed by atoms with Crippen molar-refractivity contribution in [3.8, 4) is 11.8 Å². The van der Waals surface area contributed by atoms with Crippen molar-refractivity contribution in [2.75, 3.05) is 20.2 Å². The number of likely N-dealkylation sites (tertiary alicyclic amines) is 1. The number of hydrogen-bond acceptors (Lipinski definition) is 5. The molecule has 1 aromatic rings. The number of nitrogens with zero attached hydrogens (tertiary/aromatic N) is 3. The summed E-state index contributed by atoms with van der Waals surface area (Å²) in [4.78, 5) is 14.4. The van der Waals surface area contributed by atoms with E-state index in [9.17, 15) is 4.79 Å². The molecule has 1 aliphatic rings. The molecule has 1 unspecified atom stereocenters. The summed E-state index contributed by atoms with van der Waals surface area (Å²) in [6, 6.07) is 3.46. The predicted octanol–water partition coefficient (Wildman–Crippen LogP) is 2.29. The van der Waals surface area contributed by atoms with Gasteiger partial charge in [0.15, 0.2) is 0 Å². The fraction of sp³-hybridized carbons (Fsp3) is 0.688. The van der Waals surface area contributed by atoms with E-state index >= 15 is 0 Å². The van der Waals surface area contributed by atoms with Gasteiger partial charge in [0, 0.05) is 24.6 Å². The van der Waals surface area contributed by atoms with Crippen molar-refractivity contribution in [2.45, 2.75) is 45.6 Å². The van der Waals surface area contributed by atoms with Crippen LogP contribution in [0.4, 0.5) is 0 Å². The van der Waals surface area contributed by atoms with E-state index in [4.69, 9.17) is 9.47 Å². The van der Waals surface area contributed by atoms with Gasteiger partial charge in [-0.1, -0.05) is 13.8 Å². The summed E-state index contributed by atoms with van der Waals surface area (Å²) in [5.74, 6) is 1.31. The van der Waals surface area contributed by atoms with Crippen LogP contribution in [0.25, 0.3) is 0 Å². The Morgan fingerprint density at radius 1 is 1.32 bits per heavy atom. The highest BCUT2D eigenvalue weighted by atomic mass is 16.5. The van der Waals surface area contributed by atoms with Gasteiger partial charge in [0.2, 0.25) is 17.7 Å². The Balaban J connectivity index is 1.93. The van der Waals surface area contributed by atoms with Gasteiger partial charge in [-0.25, -0.2) is 0 Å². The summed E-state index contributed by atoms with van der Waals surface area (Å²) < 4.78 is 10.8. The maximum Gasteiger partial charge on any atom is 0.233 e. The first kappa shape index (κ1) is 16.5. The summed E-state index contributed by atoms with van der Waals surface area (Å²) in [5, 5.41) is 7.87. The highest BCUT2D eigenvalue weighted by Gasteiger charge is 2.28.